The van der Waals surface area contributed by atoms with Gasteiger partial charge in [-0.15, -0.1) is 0 Å². The summed E-state index contributed by atoms with van der Waals surface area (Å²) in [6, 6.07) is 0. The molecule has 0 fully saturated rings. The molecule has 48 heavy (non-hydrogen) atoms. The van der Waals surface area contributed by atoms with E-state index in [1.165, 1.54) is 0 Å². The number of rotatable bonds is 22. The Morgan fingerprint density at radius 3 is 0.562 bits per heavy atom. The van der Waals surface area contributed by atoms with E-state index in [-0.39, 0.29) is 166 Å². The van der Waals surface area contributed by atoms with Gasteiger partial charge in [0.1, 0.15) is 0 Å². The van der Waals surface area contributed by atoms with E-state index in [1.54, 1.807) is 0 Å². The van der Waals surface area contributed by atoms with Crippen LogP contribution in [-0.4, -0.2) is 188 Å². The van der Waals surface area contributed by atoms with Crippen LogP contribution in [0.2, 0.25) is 0 Å². The number of hydrogen-bond donors (Lipinski definition) is 4. The van der Waals surface area contributed by atoms with Crippen molar-refractivity contribution in [3.8, 4) is 0 Å². The molecule has 0 radical (unpaired) electrons. The quantitative estimate of drug-likeness (QED) is 0.0747. The van der Waals surface area contributed by atoms with E-state index in [4.69, 9.17) is 20.4 Å². The summed E-state index contributed by atoms with van der Waals surface area (Å²) in [6.45, 7) is -5.50. The van der Waals surface area contributed by atoms with Gasteiger partial charge in [-0.1, -0.05) is 0 Å². The summed E-state index contributed by atoms with van der Waals surface area (Å²) in [5.74, 6) is -11.0. The van der Waals surface area contributed by atoms with Crippen molar-refractivity contribution in [3.63, 3.8) is 0 Å². The maximum absolute atomic E-state index is 10.6. The fourth-order valence-electron chi connectivity index (χ4n) is 2.92. The molecule has 0 spiro atoms. The number of carbonyl (C=O) groups is 8. The molecule has 0 bridgehead atoms. The van der Waals surface area contributed by atoms with Gasteiger partial charge in [-0.25, -0.2) is 0 Å². The van der Waals surface area contributed by atoms with Gasteiger partial charge >= 0.3 is 142 Å². The van der Waals surface area contributed by atoms with Crippen LogP contribution >= 0.6 is 0 Å². The predicted molar refractivity (Wildman–Crippen MR) is 131 cm³/mol. The van der Waals surface area contributed by atoms with Crippen molar-refractivity contribution in [3.05, 3.63) is 0 Å². The Bertz CT molecular complexity index is 728. The van der Waals surface area contributed by atoms with E-state index in [0.29, 0.717) is 0 Å². The molecule has 0 unspecified atom stereocenters. The van der Waals surface area contributed by atoms with Crippen molar-refractivity contribution in [1.82, 2.24) is 19.6 Å². The first-order chi connectivity index (χ1) is 18.4. The van der Waals surface area contributed by atoms with Crippen LogP contribution in [0.15, 0.2) is 0 Å². The molecule has 0 aliphatic heterocycles. The van der Waals surface area contributed by atoms with Gasteiger partial charge in [-0.3, -0.25) is 38.8 Å². The molecule has 0 heterocycles. The molecule has 0 rings (SSSR count). The standard InChI is InChI=1S/2C10H16N2O8.4Na.4H2O/c2*13-7(14)3-11(4-8(15)16)1-2-12(5-9(17)18)6-10(19)20;;;;;;;;/h2*1-6H2,(H,13,14)(H,15,16)(H,17,18)(H,19,20);;;;;4*1H2/q;;4*+1;;;;/p-4. The van der Waals surface area contributed by atoms with Gasteiger partial charge in [0.15, 0.2) is 0 Å². The van der Waals surface area contributed by atoms with Crippen molar-refractivity contribution in [2.24, 2.45) is 0 Å². The smallest absolute Gasteiger partial charge is 0.549 e. The topological polar surface area (TPSA) is 449 Å². The number of aliphatic carboxylic acids is 8. The number of carbonyl (C=O) groups excluding carboxylic acids is 4. The molecular weight excluding hydrogens is 708 g/mol. The van der Waals surface area contributed by atoms with Crippen LogP contribution in [0.25, 0.3) is 0 Å². The second kappa shape index (κ2) is 42.6. The summed E-state index contributed by atoms with van der Waals surface area (Å²) in [6.07, 6.45) is 0. The third-order valence-corrected chi connectivity index (χ3v) is 4.31. The van der Waals surface area contributed by atoms with Crippen LogP contribution in [0.1, 0.15) is 0 Å². The summed E-state index contributed by atoms with van der Waals surface area (Å²) in [4.78, 5) is 87.8. The molecule has 0 amide bonds. The number of hydrogen-bond acceptors (Lipinski definition) is 16. The van der Waals surface area contributed by atoms with Crippen molar-refractivity contribution >= 4 is 47.8 Å². The average molecular weight is 744 g/mol. The predicted octanol–water partition coefficient (Wildman–Crippen LogP) is -24.8. The van der Waals surface area contributed by atoms with Crippen LogP contribution in [0.5, 0.6) is 0 Å². The zero-order chi connectivity index (χ0) is 31.4. The Hall–Kier alpha value is -0.560. The van der Waals surface area contributed by atoms with Crippen molar-refractivity contribution in [2.45, 2.75) is 0 Å². The molecule has 24 nitrogen and oxygen atoms in total. The zero-order valence-electron chi connectivity index (χ0n) is 27.0. The van der Waals surface area contributed by atoms with Gasteiger partial charge in [-0.2, -0.15) is 0 Å². The monoisotopic (exact) mass is 744 g/mol. The fourth-order valence-corrected chi connectivity index (χ4v) is 2.92. The average Bonchev–Trinajstić information content (AvgIpc) is 2.72. The molecule has 0 aliphatic carbocycles. The Labute approximate surface area is 361 Å². The molecular formula is C20H36N4Na4O20. The Kier molecular flexibility index (Phi) is 64.8. The largest absolute Gasteiger partial charge is 1.00 e. The first-order valence-corrected chi connectivity index (χ1v) is 11.0. The van der Waals surface area contributed by atoms with E-state index in [0.717, 1.165) is 19.6 Å². The van der Waals surface area contributed by atoms with Crippen molar-refractivity contribution in [2.75, 3.05) is 78.5 Å². The molecule has 28 heteroatoms. The molecule has 0 aliphatic rings. The SMILES string of the molecule is O.O.O.O.O=C(O)CN(CCN(CC(=O)O)CC(=O)O)CC(=O)O.O=C([O-])CN(CCN(CC(=O)[O-])CC(=O)[O-])CC(=O)[O-].[Na+].[Na+].[Na+].[Na+]. The van der Waals surface area contributed by atoms with Crippen LogP contribution < -0.4 is 139 Å². The zero-order valence-corrected chi connectivity index (χ0v) is 35.0. The number of carboxylic acid groups (broad SMARTS) is 8. The Balaban J connectivity index is -0.0000000645. The van der Waals surface area contributed by atoms with Gasteiger partial charge in [0.25, 0.3) is 0 Å². The second-order valence-electron chi connectivity index (χ2n) is 7.91. The van der Waals surface area contributed by atoms with E-state index < -0.39 is 100 Å². The number of nitrogens with zero attached hydrogens (tertiary/aromatic N) is 4. The second-order valence-corrected chi connectivity index (χ2v) is 7.91. The van der Waals surface area contributed by atoms with Gasteiger partial charge < -0.3 is 81.9 Å². The summed E-state index contributed by atoms with van der Waals surface area (Å²) in [5, 5.41) is 76.1. The minimum atomic E-state index is -1.53. The molecule has 0 aromatic heterocycles. The maximum Gasteiger partial charge on any atom is 1.00 e. The van der Waals surface area contributed by atoms with Gasteiger partial charge in [0.2, 0.25) is 0 Å². The number of carboxylic acids is 8. The maximum atomic E-state index is 10.6. The van der Waals surface area contributed by atoms with Crippen LogP contribution in [-0.2, 0) is 38.4 Å². The summed E-state index contributed by atoms with van der Waals surface area (Å²) < 4.78 is 0. The molecule has 0 saturated heterocycles. The first kappa shape index (κ1) is 73.0. The first-order valence-electron chi connectivity index (χ1n) is 11.0. The van der Waals surface area contributed by atoms with Gasteiger partial charge in [-0.05, 0) is 0 Å². The normalized spacial score (nSPS) is 8.92. The van der Waals surface area contributed by atoms with E-state index >= 15 is 0 Å². The van der Waals surface area contributed by atoms with E-state index in [1.807, 2.05) is 0 Å². The van der Waals surface area contributed by atoms with Crippen LogP contribution in [0, 0.1) is 0 Å². The molecule has 12 N–H and O–H groups in total. The van der Waals surface area contributed by atoms with E-state index in [2.05, 4.69) is 0 Å². The Morgan fingerprint density at radius 1 is 0.333 bits per heavy atom. The minimum Gasteiger partial charge on any atom is -0.549 e. The van der Waals surface area contributed by atoms with E-state index in [9.17, 15) is 58.8 Å². The van der Waals surface area contributed by atoms with Crippen molar-refractivity contribution in [1.29, 1.82) is 0 Å². The summed E-state index contributed by atoms with van der Waals surface area (Å²) in [5.41, 5.74) is 0. The summed E-state index contributed by atoms with van der Waals surface area (Å²) >= 11 is 0. The van der Waals surface area contributed by atoms with Crippen LogP contribution in [0.4, 0.5) is 0 Å². The summed E-state index contributed by atoms with van der Waals surface area (Å²) in [7, 11) is 0. The molecule has 0 atom stereocenters. The minimum absolute atomic E-state index is 0. The third kappa shape index (κ3) is 52.3. The van der Waals surface area contributed by atoms with Crippen molar-refractivity contribution < 1.29 is 219 Å². The fraction of sp³-hybridized carbons (Fsp3) is 0.600. The molecule has 260 valence electrons. The molecule has 0 aromatic rings. The van der Waals surface area contributed by atoms with Gasteiger partial charge in [0, 0.05) is 52.4 Å². The molecule has 0 aromatic carbocycles. The van der Waals surface area contributed by atoms with Gasteiger partial charge in [0.05, 0.1) is 50.1 Å². The molecule has 0 saturated carbocycles. The third-order valence-electron chi connectivity index (χ3n) is 4.31. The Morgan fingerprint density at radius 2 is 0.458 bits per heavy atom. The van der Waals surface area contributed by atoms with Crippen LogP contribution in [0.3, 0.4) is 0 Å².